The number of carboxylic acids is 2. The lowest BCUT2D eigenvalue weighted by molar-refractivity contribution is -0.143. The maximum atomic E-state index is 9.64. The molecule has 3 N–H and O–H groups in total. The molecular weight excluding hydrogens is 344 g/mol. The van der Waals surface area contributed by atoms with E-state index in [4.69, 9.17) is 15.3 Å². The quantitative estimate of drug-likeness (QED) is 0.200. The minimum atomic E-state index is -1.08. The van der Waals surface area contributed by atoms with Crippen molar-refractivity contribution in [3.63, 3.8) is 0 Å². The van der Waals surface area contributed by atoms with Crippen LogP contribution in [0.15, 0.2) is 12.2 Å². The molecule has 0 aromatic carbocycles. The van der Waals surface area contributed by atoms with Crippen LogP contribution in [0.1, 0.15) is 110 Å². The molecule has 0 aliphatic carbocycles. The van der Waals surface area contributed by atoms with Crippen molar-refractivity contribution >= 4 is 11.9 Å². The van der Waals surface area contributed by atoms with Gasteiger partial charge in [-0.05, 0) is 32.1 Å². The topological polar surface area (TPSA) is 94.8 Å². The Labute approximate surface area is 165 Å². The first kappa shape index (κ1) is 27.9. The highest BCUT2D eigenvalue weighted by Gasteiger charge is 2.00. The van der Waals surface area contributed by atoms with Crippen molar-refractivity contribution in [2.75, 3.05) is 6.61 Å². The van der Waals surface area contributed by atoms with Crippen LogP contribution in [0.3, 0.4) is 0 Å². The van der Waals surface area contributed by atoms with Crippen LogP contribution in [0.5, 0.6) is 0 Å². The van der Waals surface area contributed by atoms with Gasteiger partial charge in [0.2, 0.25) is 0 Å². The average Bonchev–Trinajstić information content (AvgIpc) is 2.64. The third kappa shape index (κ3) is 32.7. The molecule has 27 heavy (non-hydrogen) atoms. The molecule has 160 valence electrons. The van der Waals surface area contributed by atoms with E-state index in [0.717, 1.165) is 6.42 Å². The summed E-state index contributed by atoms with van der Waals surface area (Å²) in [6, 6.07) is 0. The van der Waals surface area contributed by atoms with Crippen molar-refractivity contribution < 1.29 is 24.9 Å². The molecule has 0 atom stereocenters. The first-order valence-corrected chi connectivity index (χ1v) is 10.7. The minimum Gasteiger partial charge on any atom is -0.481 e. The van der Waals surface area contributed by atoms with E-state index in [-0.39, 0.29) is 12.8 Å². The third-order valence-corrected chi connectivity index (χ3v) is 4.22. The number of aliphatic hydroxyl groups excluding tert-OH is 1. The lowest BCUT2D eigenvalue weighted by Gasteiger charge is -1.99. The molecule has 0 rings (SSSR count). The van der Waals surface area contributed by atoms with Crippen molar-refractivity contribution in [3.05, 3.63) is 12.2 Å². The van der Waals surface area contributed by atoms with Crippen LogP contribution in [0.2, 0.25) is 0 Å². The Kier molecular flexibility index (Phi) is 25.4. The number of carbonyl (C=O) groups is 2. The highest BCUT2D eigenvalue weighted by molar-refractivity contribution is 5.75. The standard InChI is InChI=1S/C18H36O.C4H6O4/c1-2-3-4-5-6-7-8-9-10-11-12-13-14-15-16-17-18-19;5-3(6)1-2-4(7)8/h9-10,19H,2-8,11-18H2,1H3;1-2H2,(H,5,6)(H,7,8)/b10-9-;. The monoisotopic (exact) mass is 386 g/mol. The smallest absolute Gasteiger partial charge is 0.303 e. The first-order valence-electron chi connectivity index (χ1n) is 10.7. The van der Waals surface area contributed by atoms with Gasteiger partial charge >= 0.3 is 11.9 Å². The van der Waals surface area contributed by atoms with Gasteiger partial charge in [-0.2, -0.15) is 0 Å². The fourth-order valence-electron chi connectivity index (χ4n) is 2.57. The van der Waals surface area contributed by atoms with Crippen LogP contribution >= 0.6 is 0 Å². The first-order chi connectivity index (χ1) is 13.0. The predicted octanol–water partition coefficient (Wildman–Crippen LogP) is 5.95. The van der Waals surface area contributed by atoms with E-state index in [2.05, 4.69) is 19.1 Å². The second kappa shape index (κ2) is 24.6. The van der Waals surface area contributed by atoms with Crippen LogP contribution < -0.4 is 0 Å². The van der Waals surface area contributed by atoms with Gasteiger partial charge in [0.25, 0.3) is 0 Å². The summed E-state index contributed by atoms with van der Waals surface area (Å²) in [5, 5.41) is 24.5. The van der Waals surface area contributed by atoms with Gasteiger partial charge in [0.05, 0.1) is 12.8 Å². The number of aliphatic hydroxyl groups is 1. The average molecular weight is 387 g/mol. The molecule has 5 nitrogen and oxygen atoms in total. The summed E-state index contributed by atoms with van der Waals surface area (Å²) in [4.78, 5) is 19.3. The Morgan fingerprint density at radius 2 is 1.00 bits per heavy atom. The molecule has 0 saturated heterocycles. The lowest BCUT2D eigenvalue weighted by atomic mass is 10.1. The van der Waals surface area contributed by atoms with Gasteiger partial charge in [-0.25, -0.2) is 0 Å². The molecule has 0 spiro atoms. The van der Waals surface area contributed by atoms with Gasteiger partial charge in [0.1, 0.15) is 0 Å². The van der Waals surface area contributed by atoms with E-state index in [1.807, 2.05) is 0 Å². The molecule has 5 heteroatoms. The summed E-state index contributed by atoms with van der Waals surface area (Å²) in [5.41, 5.74) is 0. The molecule has 0 heterocycles. The second-order valence-corrected chi connectivity index (χ2v) is 6.95. The second-order valence-electron chi connectivity index (χ2n) is 6.95. The van der Waals surface area contributed by atoms with E-state index < -0.39 is 11.9 Å². The fraction of sp³-hybridized carbons (Fsp3) is 0.818. The van der Waals surface area contributed by atoms with Crippen LogP contribution in [-0.2, 0) is 9.59 Å². The highest BCUT2D eigenvalue weighted by atomic mass is 16.4. The lowest BCUT2D eigenvalue weighted by Crippen LogP contribution is -2.00. The largest absolute Gasteiger partial charge is 0.481 e. The molecule has 0 fully saturated rings. The molecule has 0 aromatic rings. The summed E-state index contributed by atoms with van der Waals surface area (Å²) in [5.74, 6) is -2.15. The summed E-state index contributed by atoms with van der Waals surface area (Å²) in [6.45, 7) is 2.64. The molecular formula is C22H42O5. The van der Waals surface area contributed by atoms with Gasteiger partial charge in [0.15, 0.2) is 0 Å². The predicted molar refractivity (Wildman–Crippen MR) is 111 cm³/mol. The fourth-order valence-corrected chi connectivity index (χ4v) is 2.57. The third-order valence-electron chi connectivity index (χ3n) is 4.22. The molecule has 0 aliphatic heterocycles. The van der Waals surface area contributed by atoms with E-state index in [0.29, 0.717) is 6.61 Å². The Morgan fingerprint density at radius 3 is 1.37 bits per heavy atom. The molecule has 0 aliphatic rings. The van der Waals surface area contributed by atoms with Gasteiger partial charge in [0, 0.05) is 6.61 Å². The summed E-state index contributed by atoms with van der Waals surface area (Å²) >= 11 is 0. The van der Waals surface area contributed by atoms with Gasteiger partial charge in [-0.15, -0.1) is 0 Å². The number of unbranched alkanes of at least 4 members (excludes halogenated alkanes) is 12. The number of hydrogen-bond donors (Lipinski definition) is 3. The maximum absolute atomic E-state index is 9.64. The number of rotatable bonds is 18. The zero-order valence-corrected chi connectivity index (χ0v) is 17.3. The SMILES string of the molecule is CCCCCCCC/C=C\CCCCCCCCO.O=C(O)CCC(=O)O. The van der Waals surface area contributed by atoms with Crippen molar-refractivity contribution in [3.8, 4) is 0 Å². The van der Waals surface area contributed by atoms with Crippen molar-refractivity contribution in [2.45, 2.75) is 110 Å². The van der Waals surface area contributed by atoms with Gasteiger partial charge in [-0.3, -0.25) is 9.59 Å². The van der Waals surface area contributed by atoms with Crippen LogP contribution in [-0.4, -0.2) is 33.9 Å². The van der Waals surface area contributed by atoms with Crippen molar-refractivity contribution in [2.24, 2.45) is 0 Å². The summed E-state index contributed by atoms with van der Waals surface area (Å²) < 4.78 is 0. The van der Waals surface area contributed by atoms with Crippen LogP contribution in [0.4, 0.5) is 0 Å². The minimum absolute atomic E-state index is 0.296. The van der Waals surface area contributed by atoms with Gasteiger partial charge < -0.3 is 15.3 Å². The number of allylic oxidation sites excluding steroid dienone is 2. The molecule has 0 aromatic heterocycles. The van der Waals surface area contributed by atoms with Crippen molar-refractivity contribution in [1.82, 2.24) is 0 Å². The summed E-state index contributed by atoms with van der Waals surface area (Å²) in [7, 11) is 0. The Hall–Kier alpha value is -1.36. The van der Waals surface area contributed by atoms with E-state index in [9.17, 15) is 9.59 Å². The van der Waals surface area contributed by atoms with Crippen molar-refractivity contribution in [1.29, 1.82) is 0 Å². The van der Waals surface area contributed by atoms with Crippen LogP contribution in [0.25, 0.3) is 0 Å². The van der Waals surface area contributed by atoms with E-state index in [1.54, 1.807) is 0 Å². The van der Waals surface area contributed by atoms with Crippen LogP contribution in [0, 0.1) is 0 Å². The molecule has 0 unspecified atom stereocenters. The molecule has 0 bridgehead atoms. The Bertz CT molecular complexity index is 339. The maximum Gasteiger partial charge on any atom is 0.303 e. The zero-order valence-electron chi connectivity index (χ0n) is 17.3. The Balaban J connectivity index is 0. The molecule has 0 saturated carbocycles. The van der Waals surface area contributed by atoms with Gasteiger partial charge in [-0.1, -0.05) is 76.9 Å². The van der Waals surface area contributed by atoms with E-state index in [1.165, 1.54) is 83.5 Å². The Morgan fingerprint density at radius 1 is 0.630 bits per heavy atom. The zero-order chi connectivity index (χ0) is 20.6. The number of aliphatic carboxylic acids is 2. The highest BCUT2D eigenvalue weighted by Crippen LogP contribution is 2.09. The number of carboxylic acid groups (broad SMARTS) is 2. The van der Waals surface area contributed by atoms with E-state index >= 15 is 0 Å². The molecule has 0 amide bonds. The summed E-state index contributed by atoms with van der Waals surface area (Å²) in [6.07, 6.45) is 22.6. The molecule has 0 radical (unpaired) electrons. The number of hydrogen-bond acceptors (Lipinski definition) is 3. The normalized spacial score (nSPS) is 10.6.